The SMILES string of the molecule is Cc1nc(CCNC(=O)[C@@H]2CC[C@H](C(=O)O)C2)cs1. The molecule has 1 aromatic heterocycles. The van der Waals surface area contributed by atoms with Gasteiger partial charge in [0, 0.05) is 24.3 Å². The Kier molecular flexibility index (Phi) is 4.52. The van der Waals surface area contributed by atoms with E-state index in [0.29, 0.717) is 25.8 Å². The van der Waals surface area contributed by atoms with Gasteiger partial charge in [-0.05, 0) is 26.2 Å². The summed E-state index contributed by atoms with van der Waals surface area (Å²) >= 11 is 1.60. The third-order valence-electron chi connectivity index (χ3n) is 3.50. The maximum Gasteiger partial charge on any atom is 0.306 e. The number of nitrogens with one attached hydrogen (secondary N) is 1. The molecule has 0 radical (unpaired) electrons. The number of aryl methyl sites for hydroxylation is 1. The van der Waals surface area contributed by atoms with Crippen molar-refractivity contribution >= 4 is 23.2 Å². The Balaban J connectivity index is 1.72. The molecule has 1 fully saturated rings. The molecule has 0 aliphatic heterocycles. The first-order valence-corrected chi connectivity index (χ1v) is 7.35. The second-order valence-electron chi connectivity index (χ2n) is 4.94. The summed E-state index contributed by atoms with van der Waals surface area (Å²) in [6.07, 6.45) is 2.49. The molecule has 1 amide bonds. The van der Waals surface area contributed by atoms with Crippen LogP contribution in [0.15, 0.2) is 5.38 Å². The van der Waals surface area contributed by atoms with Gasteiger partial charge in [0.1, 0.15) is 0 Å². The molecular formula is C13H18N2O3S. The van der Waals surface area contributed by atoms with Crippen LogP contribution in [0.5, 0.6) is 0 Å². The number of aliphatic carboxylic acids is 1. The Morgan fingerprint density at radius 2 is 2.21 bits per heavy atom. The van der Waals surface area contributed by atoms with E-state index in [0.717, 1.165) is 17.1 Å². The molecule has 0 aromatic carbocycles. The molecule has 0 spiro atoms. The van der Waals surface area contributed by atoms with Crippen LogP contribution in [-0.2, 0) is 16.0 Å². The number of rotatable bonds is 5. The molecular weight excluding hydrogens is 264 g/mol. The molecule has 2 N–H and O–H groups in total. The summed E-state index contributed by atoms with van der Waals surface area (Å²) in [5.41, 5.74) is 0.998. The maximum absolute atomic E-state index is 11.9. The summed E-state index contributed by atoms with van der Waals surface area (Å²) in [5, 5.41) is 14.8. The monoisotopic (exact) mass is 282 g/mol. The number of nitrogens with zero attached hydrogens (tertiary/aromatic N) is 1. The predicted octanol–water partition coefficient (Wildman–Crippen LogP) is 1.61. The van der Waals surface area contributed by atoms with E-state index in [1.165, 1.54) is 0 Å². The third-order valence-corrected chi connectivity index (χ3v) is 4.32. The van der Waals surface area contributed by atoms with E-state index >= 15 is 0 Å². The largest absolute Gasteiger partial charge is 0.481 e. The fourth-order valence-electron chi connectivity index (χ4n) is 2.43. The zero-order chi connectivity index (χ0) is 13.8. The van der Waals surface area contributed by atoms with Gasteiger partial charge in [-0.25, -0.2) is 4.98 Å². The second-order valence-corrected chi connectivity index (χ2v) is 6.01. The first-order chi connectivity index (χ1) is 9.06. The molecule has 1 aliphatic rings. The van der Waals surface area contributed by atoms with E-state index in [4.69, 9.17) is 5.11 Å². The van der Waals surface area contributed by atoms with Crippen LogP contribution in [0.3, 0.4) is 0 Å². The minimum atomic E-state index is -0.784. The van der Waals surface area contributed by atoms with Crippen LogP contribution in [0, 0.1) is 18.8 Å². The quantitative estimate of drug-likeness (QED) is 0.860. The molecule has 0 bridgehead atoms. The van der Waals surface area contributed by atoms with Crippen molar-refractivity contribution in [3.05, 3.63) is 16.1 Å². The summed E-state index contributed by atoms with van der Waals surface area (Å²) in [6, 6.07) is 0. The average Bonchev–Trinajstić information content (AvgIpc) is 2.98. The highest BCUT2D eigenvalue weighted by Crippen LogP contribution is 2.31. The molecule has 0 saturated heterocycles. The smallest absolute Gasteiger partial charge is 0.306 e. The van der Waals surface area contributed by atoms with Gasteiger partial charge in [0.05, 0.1) is 16.6 Å². The normalized spacial score (nSPS) is 22.4. The van der Waals surface area contributed by atoms with Gasteiger partial charge < -0.3 is 10.4 Å². The summed E-state index contributed by atoms with van der Waals surface area (Å²) < 4.78 is 0. The number of thiazole rings is 1. The number of carboxylic acids is 1. The van der Waals surface area contributed by atoms with Gasteiger partial charge in [-0.1, -0.05) is 0 Å². The van der Waals surface area contributed by atoms with Crippen molar-refractivity contribution in [2.45, 2.75) is 32.6 Å². The van der Waals surface area contributed by atoms with Crippen LogP contribution in [0.4, 0.5) is 0 Å². The number of carboxylic acid groups (broad SMARTS) is 1. The number of aromatic nitrogens is 1. The van der Waals surface area contributed by atoms with Crippen molar-refractivity contribution in [1.29, 1.82) is 0 Å². The maximum atomic E-state index is 11.9. The second kappa shape index (κ2) is 6.14. The van der Waals surface area contributed by atoms with Gasteiger partial charge >= 0.3 is 5.97 Å². The molecule has 0 unspecified atom stereocenters. The summed E-state index contributed by atoms with van der Waals surface area (Å²) in [4.78, 5) is 27.0. The van der Waals surface area contributed by atoms with Crippen LogP contribution < -0.4 is 5.32 Å². The average molecular weight is 282 g/mol. The summed E-state index contributed by atoms with van der Waals surface area (Å²) in [6.45, 7) is 2.52. The van der Waals surface area contributed by atoms with Gasteiger partial charge in [0.25, 0.3) is 0 Å². The number of hydrogen-bond acceptors (Lipinski definition) is 4. The highest BCUT2D eigenvalue weighted by molar-refractivity contribution is 7.09. The predicted molar refractivity (Wildman–Crippen MR) is 72.0 cm³/mol. The number of carbonyl (C=O) groups is 2. The zero-order valence-corrected chi connectivity index (χ0v) is 11.7. The van der Waals surface area contributed by atoms with Gasteiger partial charge in [0.15, 0.2) is 0 Å². The lowest BCUT2D eigenvalue weighted by molar-refractivity contribution is -0.141. The molecule has 1 aromatic rings. The molecule has 5 nitrogen and oxygen atoms in total. The molecule has 1 heterocycles. The van der Waals surface area contributed by atoms with Gasteiger partial charge in [-0.3, -0.25) is 9.59 Å². The van der Waals surface area contributed by atoms with Crippen LogP contribution >= 0.6 is 11.3 Å². The van der Waals surface area contributed by atoms with E-state index in [2.05, 4.69) is 10.3 Å². The highest BCUT2D eigenvalue weighted by atomic mass is 32.1. The Labute approximate surface area is 116 Å². The fourth-order valence-corrected chi connectivity index (χ4v) is 3.07. The van der Waals surface area contributed by atoms with E-state index in [-0.39, 0.29) is 17.7 Å². The summed E-state index contributed by atoms with van der Waals surface area (Å²) in [7, 11) is 0. The molecule has 1 saturated carbocycles. The first kappa shape index (κ1) is 14.0. The van der Waals surface area contributed by atoms with Crippen LogP contribution in [0.1, 0.15) is 30.0 Å². The highest BCUT2D eigenvalue weighted by Gasteiger charge is 2.33. The minimum Gasteiger partial charge on any atom is -0.481 e. The Hall–Kier alpha value is -1.43. The lowest BCUT2D eigenvalue weighted by Gasteiger charge is -2.10. The lowest BCUT2D eigenvalue weighted by atomic mass is 10.0. The van der Waals surface area contributed by atoms with Crippen molar-refractivity contribution in [2.24, 2.45) is 11.8 Å². The molecule has 2 atom stereocenters. The topological polar surface area (TPSA) is 79.3 Å². The zero-order valence-electron chi connectivity index (χ0n) is 10.9. The Morgan fingerprint density at radius 3 is 2.79 bits per heavy atom. The van der Waals surface area contributed by atoms with Gasteiger partial charge in [-0.2, -0.15) is 0 Å². The minimum absolute atomic E-state index is 0.0179. The van der Waals surface area contributed by atoms with E-state index in [1.54, 1.807) is 11.3 Å². The number of hydrogen-bond donors (Lipinski definition) is 2. The number of carbonyl (C=O) groups excluding carboxylic acids is 1. The van der Waals surface area contributed by atoms with E-state index in [1.807, 2.05) is 12.3 Å². The standard InChI is InChI=1S/C13H18N2O3S/c1-8-15-11(7-19-8)4-5-14-12(16)9-2-3-10(6-9)13(17)18/h7,9-10H,2-6H2,1H3,(H,14,16)(H,17,18)/t9-,10+/m1/s1. The number of amides is 1. The van der Waals surface area contributed by atoms with Crippen molar-refractivity contribution in [3.63, 3.8) is 0 Å². The lowest BCUT2D eigenvalue weighted by Crippen LogP contribution is -2.31. The molecule has 104 valence electrons. The van der Waals surface area contributed by atoms with Crippen molar-refractivity contribution < 1.29 is 14.7 Å². The molecule has 2 rings (SSSR count). The molecule has 6 heteroatoms. The van der Waals surface area contributed by atoms with E-state index in [9.17, 15) is 9.59 Å². The van der Waals surface area contributed by atoms with Crippen LogP contribution in [0.25, 0.3) is 0 Å². The molecule has 1 aliphatic carbocycles. The van der Waals surface area contributed by atoms with Crippen LogP contribution in [-0.4, -0.2) is 28.5 Å². The molecule has 19 heavy (non-hydrogen) atoms. The van der Waals surface area contributed by atoms with Crippen LogP contribution in [0.2, 0.25) is 0 Å². The Bertz CT molecular complexity index is 472. The van der Waals surface area contributed by atoms with E-state index < -0.39 is 5.97 Å². The van der Waals surface area contributed by atoms with Crippen molar-refractivity contribution in [2.75, 3.05) is 6.54 Å². The fraction of sp³-hybridized carbons (Fsp3) is 0.615. The van der Waals surface area contributed by atoms with Gasteiger partial charge in [-0.15, -0.1) is 11.3 Å². The summed E-state index contributed by atoms with van der Waals surface area (Å²) in [5.74, 6) is -1.29. The first-order valence-electron chi connectivity index (χ1n) is 6.48. The van der Waals surface area contributed by atoms with Crippen molar-refractivity contribution in [3.8, 4) is 0 Å². The third kappa shape index (κ3) is 3.76. The Morgan fingerprint density at radius 1 is 1.47 bits per heavy atom. The van der Waals surface area contributed by atoms with Crippen molar-refractivity contribution in [1.82, 2.24) is 10.3 Å². The van der Waals surface area contributed by atoms with Gasteiger partial charge in [0.2, 0.25) is 5.91 Å².